The summed E-state index contributed by atoms with van der Waals surface area (Å²) in [7, 11) is 3.16. The molecule has 1 unspecified atom stereocenters. The van der Waals surface area contributed by atoms with Crippen LogP contribution >= 0.6 is 15.9 Å². The lowest BCUT2D eigenvalue weighted by Crippen LogP contribution is -2.34. The summed E-state index contributed by atoms with van der Waals surface area (Å²) in [5.74, 6) is 0. The lowest BCUT2D eigenvalue weighted by molar-refractivity contribution is -0.109. The van der Waals surface area contributed by atoms with Crippen LogP contribution in [0.4, 0.5) is 5.69 Å². The van der Waals surface area contributed by atoms with Gasteiger partial charge in [-0.2, -0.15) is 5.26 Å². The number of benzene rings is 1. The average molecular weight is 299 g/mol. The standard InChI is InChI=1S/C12H15BrN2O2/c1-8(12(16-2)17-3)15-11-6-10(13)5-4-9(11)7-14/h4-6,8,12,15H,1-3H3. The van der Waals surface area contributed by atoms with Gasteiger partial charge in [0.25, 0.3) is 0 Å². The van der Waals surface area contributed by atoms with Gasteiger partial charge in [0, 0.05) is 18.7 Å². The Kier molecular flexibility index (Phi) is 5.42. The maximum Gasteiger partial charge on any atom is 0.176 e. The van der Waals surface area contributed by atoms with Gasteiger partial charge in [0.15, 0.2) is 6.29 Å². The van der Waals surface area contributed by atoms with Gasteiger partial charge >= 0.3 is 0 Å². The molecule has 5 heteroatoms. The van der Waals surface area contributed by atoms with Crippen LogP contribution in [0.25, 0.3) is 0 Å². The van der Waals surface area contributed by atoms with E-state index in [1.165, 1.54) is 0 Å². The maximum absolute atomic E-state index is 9.01. The normalized spacial score (nSPS) is 12.2. The zero-order valence-corrected chi connectivity index (χ0v) is 11.6. The van der Waals surface area contributed by atoms with Crippen LogP contribution in [0.1, 0.15) is 12.5 Å². The molecular weight excluding hydrogens is 284 g/mol. The van der Waals surface area contributed by atoms with E-state index in [4.69, 9.17) is 14.7 Å². The highest BCUT2D eigenvalue weighted by Crippen LogP contribution is 2.22. The first-order valence-electron chi connectivity index (χ1n) is 5.14. The number of methoxy groups -OCH3 is 2. The monoisotopic (exact) mass is 298 g/mol. The van der Waals surface area contributed by atoms with Crippen molar-refractivity contribution in [3.63, 3.8) is 0 Å². The number of nitrogens with zero attached hydrogens (tertiary/aromatic N) is 1. The zero-order valence-electron chi connectivity index (χ0n) is 10.0. The smallest absolute Gasteiger partial charge is 0.176 e. The summed E-state index contributed by atoms with van der Waals surface area (Å²) in [4.78, 5) is 0. The van der Waals surface area contributed by atoms with Crippen molar-refractivity contribution in [2.24, 2.45) is 0 Å². The van der Waals surface area contributed by atoms with Crippen molar-refractivity contribution in [3.05, 3.63) is 28.2 Å². The lowest BCUT2D eigenvalue weighted by Gasteiger charge is -2.23. The predicted octanol–water partition coefficient (Wildman–Crippen LogP) is 2.74. The first-order valence-corrected chi connectivity index (χ1v) is 5.93. The van der Waals surface area contributed by atoms with Crippen LogP contribution in [0.15, 0.2) is 22.7 Å². The van der Waals surface area contributed by atoms with Crippen molar-refractivity contribution in [1.29, 1.82) is 5.26 Å². The van der Waals surface area contributed by atoms with Gasteiger partial charge in [0.05, 0.1) is 17.3 Å². The zero-order chi connectivity index (χ0) is 12.8. The molecule has 0 fully saturated rings. The van der Waals surface area contributed by atoms with Gasteiger partial charge in [-0.05, 0) is 25.1 Å². The summed E-state index contributed by atoms with van der Waals surface area (Å²) in [6.07, 6.45) is -0.361. The van der Waals surface area contributed by atoms with E-state index in [2.05, 4.69) is 27.3 Å². The van der Waals surface area contributed by atoms with Crippen molar-refractivity contribution in [3.8, 4) is 6.07 Å². The highest BCUT2D eigenvalue weighted by atomic mass is 79.9. The number of nitriles is 1. The third-order valence-electron chi connectivity index (χ3n) is 2.36. The van der Waals surface area contributed by atoms with Crippen LogP contribution in [-0.4, -0.2) is 26.6 Å². The van der Waals surface area contributed by atoms with Gasteiger partial charge in [-0.15, -0.1) is 0 Å². The Morgan fingerprint density at radius 1 is 1.35 bits per heavy atom. The molecule has 17 heavy (non-hydrogen) atoms. The number of hydrogen-bond donors (Lipinski definition) is 1. The molecule has 0 aliphatic heterocycles. The Balaban J connectivity index is 2.87. The molecule has 0 saturated heterocycles. The number of rotatable bonds is 5. The third kappa shape index (κ3) is 3.70. The van der Waals surface area contributed by atoms with Gasteiger partial charge in [-0.25, -0.2) is 0 Å². The summed E-state index contributed by atoms with van der Waals surface area (Å²) in [5.41, 5.74) is 1.35. The second-order valence-electron chi connectivity index (χ2n) is 3.57. The van der Waals surface area contributed by atoms with Crippen LogP contribution in [0.2, 0.25) is 0 Å². The van der Waals surface area contributed by atoms with Crippen molar-refractivity contribution in [2.75, 3.05) is 19.5 Å². The molecule has 0 spiro atoms. The highest BCUT2D eigenvalue weighted by Gasteiger charge is 2.16. The molecule has 0 heterocycles. The first-order chi connectivity index (χ1) is 8.12. The Morgan fingerprint density at radius 2 is 2.00 bits per heavy atom. The minimum Gasteiger partial charge on any atom is -0.376 e. The van der Waals surface area contributed by atoms with Crippen molar-refractivity contribution in [2.45, 2.75) is 19.3 Å². The Hall–Kier alpha value is -1.09. The fourth-order valence-electron chi connectivity index (χ4n) is 1.55. The summed E-state index contributed by atoms with van der Waals surface area (Å²) in [5, 5.41) is 12.2. The fraction of sp³-hybridized carbons (Fsp3) is 0.417. The van der Waals surface area contributed by atoms with Crippen LogP contribution in [0.5, 0.6) is 0 Å². The summed E-state index contributed by atoms with van der Waals surface area (Å²) in [6, 6.07) is 7.52. The Morgan fingerprint density at radius 3 is 2.53 bits per heavy atom. The van der Waals surface area contributed by atoms with E-state index in [9.17, 15) is 0 Å². The minimum absolute atomic E-state index is 0.0635. The molecule has 0 saturated carbocycles. The number of nitrogens with one attached hydrogen (secondary N) is 1. The van der Waals surface area contributed by atoms with Gasteiger partial charge in [-0.1, -0.05) is 15.9 Å². The predicted molar refractivity (Wildman–Crippen MR) is 69.7 cm³/mol. The van der Waals surface area contributed by atoms with Gasteiger partial charge in [0.2, 0.25) is 0 Å². The fourth-order valence-corrected chi connectivity index (χ4v) is 1.91. The summed E-state index contributed by atoms with van der Waals surface area (Å²) >= 11 is 3.37. The van der Waals surface area contributed by atoms with E-state index >= 15 is 0 Å². The van der Waals surface area contributed by atoms with Crippen LogP contribution in [-0.2, 0) is 9.47 Å². The molecule has 0 amide bonds. The van der Waals surface area contributed by atoms with Crippen LogP contribution in [0, 0.1) is 11.3 Å². The number of halogens is 1. The van der Waals surface area contributed by atoms with Crippen LogP contribution < -0.4 is 5.32 Å². The number of anilines is 1. The molecule has 0 radical (unpaired) electrons. The molecule has 92 valence electrons. The Labute approximate surface area is 110 Å². The summed E-state index contributed by atoms with van der Waals surface area (Å²) < 4.78 is 11.2. The summed E-state index contributed by atoms with van der Waals surface area (Å²) in [6.45, 7) is 1.93. The lowest BCUT2D eigenvalue weighted by atomic mass is 10.2. The molecule has 0 aliphatic rings. The molecule has 1 atom stereocenters. The molecule has 1 aromatic rings. The number of hydrogen-bond acceptors (Lipinski definition) is 4. The van der Waals surface area contributed by atoms with E-state index < -0.39 is 0 Å². The molecular formula is C12H15BrN2O2. The van der Waals surface area contributed by atoms with Crippen molar-refractivity contribution in [1.82, 2.24) is 0 Å². The van der Waals surface area contributed by atoms with E-state index in [-0.39, 0.29) is 12.3 Å². The van der Waals surface area contributed by atoms with Crippen LogP contribution in [0.3, 0.4) is 0 Å². The topological polar surface area (TPSA) is 54.3 Å². The van der Waals surface area contributed by atoms with Gasteiger partial charge < -0.3 is 14.8 Å². The molecule has 1 N–H and O–H groups in total. The SMILES string of the molecule is COC(OC)C(C)Nc1cc(Br)ccc1C#N. The second kappa shape index (κ2) is 6.60. The van der Waals surface area contributed by atoms with Gasteiger partial charge in [0.1, 0.15) is 6.07 Å². The quantitative estimate of drug-likeness (QED) is 0.849. The van der Waals surface area contributed by atoms with E-state index in [0.29, 0.717) is 5.56 Å². The van der Waals surface area contributed by atoms with E-state index in [1.54, 1.807) is 20.3 Å². The molecule has 0 bridgehead atoms. The second-order valence-corrected chi connectivity index (χ2v) is 4.49. The maximum atomic E-state index is 9.01. The largest absolute Gasteiger partial charge is 0.376 e. The number of ether oxygens (including phenoxy) is 2. The first kappa shape index (κ1) is 14.0. The average Bonchev–Trinajstić information content (AvgIpc) is 2.31. The minimum atomic E-state index is -0.361. The Bertz CT molecular complexity index is 413. The highest BCUT2D eigenvalue weighted by molar-refractivity contribution is 9.10. The molecule has 1 aromatic carbocycles. The molecule has 0 aromatic heterocycles. The molecule has 4 nitrogen and oxygen atoms in total. The van der Waals surface area contributed by atoms with E-state index in [0.717, 1.165) is 10.2 Å². The van der Waals surface area contributed by atoms with Crippen molar-refractivity contribution < 1.29 is 9.47 Å². The third-order valence-corrected chi connectivity index (χ3v) is 2.85. The molecule has 1 rings (SSSR count). The van der Waals surface area contributed by atoms with Crippen molar-refractivity contribution >= 4 is 21.6 Å². The molecule has 0 aliphatic carbocycles. The van der Waals surface area contributed by atoms with Gasteiger partial charge in [-0.3, -0.25) is 0 Å². The van der Waals surface area contributed by atoms with E-state index in [1.807, 2.05) is 19.1 Å².